The van der Waals surface area contributed by atoms with Crippen LogP contribution in [0.1, 0.15) is 46.5 Å². The van der Waals surface area contributed by atoms with Crippen molar-refractivity contribution in [1.29, 1.82) is 0 Å². The summed E-state index contributed by atoms with van der Waals surface area (Å²) in [5.41, 5.74) is -0.702. The van der Waals surface area contributed by atoms with Crippen LogP contribution in [0.25, 0.3) is 11.0 Å². The summed E-state index contributed by atoms with van der Waals surface area (Å²) in [4.78, 5) is 25.6. The Bertz CT molecular complexity index is 1000. The van der Waals surface area contributed by atoms with Gasteiger partial charge in [0, 0.05) is 19.0 Å². The minimum Gasteiger partial charge on any atom is -0.290 e. The molecule has 0 aliphatic rings. The van der Waals surface area contributed by atoms with Crippen LogP contribution in [0.3, 0.4) is 0 Å². The highest BCUT2D eigenvalue weighted by Crippen LogP contribution is 2.12. The number of nitrogens with zero attached hydrogens (tertiary/aromatic N) is 4. The van der Waals surface area contributed by atoms with Gasteiger partial charge in [-0.05, 0) is 25.2 Å². The van der Waals surface area contributed by atoms with E-state index in [1.54, 1.807) is 0 Å². The average molecular weight is 419 g/mol. The van der Waals surface area contributed by atoms with E-state index in [4.69, 9.17) is 11.6 Å². The van der Waals surface area contributed by atoms with Crippen molar-refractivity contribution in [2.75, 3.05) is 11.6 Å². The summed E-state index contributed by atoms with van der Waals surface area (Å²) in [5, 5.41) is 4.03. The van der Waals surface area contributed by atoms with Crippen molar-refractivity contribution in [3.8, 4) is 0 Å². The first kappa shape index (κ1) is 21.7. The van der Waals surface area contributed by atoms with Gasteiger partial charge >= 0.3 is 5.69 Å². The van der Waals surface area contributed by atoms with Crippen molar-refractivity contribution in [2.45, 2.75) is 59.5 Å². The first-order valence-electron chi connectivity index (χ1n) is 9.25. The number of aryl methyl sites for hydroxylation is 1. The molecule has 0 atom stereocenters. The van der Waals surface area contributed by atoms with E-state index in [9.17, 15) is 18.0 Å². The average Bonchev–Trinajstić information content (AvgIpc) is 3.06. The standard InChI is InChI=1S/C17H27ClN4O4S/c1-4-5-9-21-16(23)15-14(20(17(21)24)10-7-13(2)3)12-22(19-15)27(25,26)11-6-8-18/h12-13H,4-11H2,1-3H3. The number of hydrogen-bond acceptors (Lipinski definition) is 5. The van der Waals surface area contributed by atoms with Crippen LogP contribution >= 0.6 is 11.6 Å². The molecule has 0 saturated heterocycles. The van der Waals surface area contributed by atoms with Gasteiger partial charge in [0.1, 0.15) is 0 Å². The molecule has 0 unspecified atom stereocenters. The van der Waals surface area contributed by atoms with Crippen molar-refractivity contribution in [1.82, 2.24) is 18.3 Å². The molecule has 0 aromatic carbocycles. The molecule has 0 radical (unpaired) electrons. The second-order valence-corrected chi connectivity index (χ2v) is 9.35. The highest BCUT2D eigenvalue weighted by molar-refractivity contribution is 7.89. The maximum absolute atomic E-state index is 12.9. The Kier molecular flexibility index (Phi) is 7.27. The number of aromatic nitrogens is 4. The zero-order chi connectivity index (χ0) is 20.2. The Morgan fingerprint density at radius 2 is 1.85 bits per heavy atom. The van der Waals surface area contributed by atoms with Crippen molar-refractivity contribution < 1.29 is 8.42 Å². The SMILES string of the molecule is CCCCn1c(=O)c2nn(S(=O)(=O)CCCCl)cc2n(CCC(C)C)c1=O. The van der Waals surface area contributed by atoms with Crippen LogP contribution in [0, 0.1) is 5.92 Å². The van der Waals surface area contributed by atoms with Crippen LogP contribution in [0.5, 0.6) is 0 Å². The van der Waals surface area contributed by atoms with Gasteiger partial charge in [0.2, 0.25) is 0 Å². The number of unbranched alkanes of at least 4 members (excludes halogenated alkanes) is 1. The highest BCUT2D eigenvalue weighted by Gasteiger charge is 2.21. The predicted molar refractivity (Wildman–Crippen MR) is 107 cm³/mol. The summed E-state index contributed by atoms with van der Waals surface area (Å²) in [5.74, 6) is 0.388. The van der Waals surface area contributed by atoms with Gasteiger partial charge in [-0.3, -0.25) is 13.9 Å². The van der Waals surface area contributed by atoms with Gasteiger partial charge in [-0.15, -0.1) is 11.6 Å². The lowest BCUT2D eigenvalue weighted by Crippen LogP contribution is -2.40. The highest BCUT2D eigenvalue weighted by atomic mass is 35.5. The molecule has 2 heterocycles. The molecule has 2 rings (SSSR count). The van der Waals surface area contributed by atoms with Gasteiger partial charge in [0.25, 0.3) is 15.6 Å². The first-order valence-corrected chi connectivity index (χ1v) is 11.4. The van der Waals surface area contributed by atoms with Crippen molar-refractivity contribution in [3.63, 3.8) is 0 Å². The molecule has 8 nitrogen and oxygen atoms in total. The summed E-state index contributed by atoms with van der Waals surface area (Å²) in [7, 11) is -3.73. The molecule has 2 aromatic heterocycles. The molecule has 0 N–H and O–H groups in total. The number of fused-ring (bicyclic) bond motifs is 1. The molecule has 0 bridgehead atoms. The van der Waals surface area contributed by atoms with Crippen LogP contribution in [-0.4, -0.2) is 38.4 Å². The fourth-order valence-corrected chi connectivity index (χ4v) is 4.20. The Balaban J connectivity index is 2.68. The van der Waals surface area contributed by atoms with Crippen LogP contribution in [-0.2, 0) is 23.1 Å². The Hall–Kier alpha value is -1.61. The topological polar surface area (TPSA) is 96.0 Å². The summed E-state index contributed by atoms with van der Waals surface area (Å²) < 4.78 is 28.3. The van der Waals surface area contributed by atoms with E-state index in [1.165, 1.54) is 10.8 Å². The largest absolute Gasteiger partial charge is 0.331 e. The van der Waals surface area contributed by atoms with E-state index >= 15 is 0 Å². The van der Waals surface area contributed by atoms with Crippen LogP contribution < -0.4 is 11.2 Å². The van der Waals surface area contributed by atoms with Crippen molar-refractivity contribution in [3.05, 3.63) is 27.0 Å². The third kappa shape index (κ3) is 4.82. The van der Waals surface area contributed by atoms with E-state index < -0.39 is 21.3 Å². The lowest BCUT2D eigenvalue weighted by molar-refractivity contribution is 0.486. The molecule has 0 fully saturated rings. The number of hydrogen-bond donors (Lipinski definition) is 0. The minimum atomic E-state index is -3.73. The predicted octanol–water partition coefficient (Wildman–Crippen LogP) is 2.01. The molecule has 0 amide bonds. The molecule has 10 heteroatoms. The second-order valence-electron chi connectivity index (χ2n) is 7.02. The van der Waals surface area contributed by atoms with Crippen LogP contribution in [0.2, 0.25) is 0 Å². The van der Waals surface area contributed by atoms with E-state index in [-0.39, 0.29) is 35.6 Å². The Labute approximate surface area is 163 Å². The Morgan fingerprint density at radius 3 is 2.44 bits per heavy atom. The zero-order valence-corrected chi connectivity index (χ0v) is 17.6. The van der Waals surface area contributed by atoms with Gasteiger partial charge in [0.15, 0.2) is 5.52 Å². The van der Waals surface area contributed by atoms with E-state index in [0.29, 0.717) is 18.9 Å². The normalized spacial score (nSPS) is 12.3. The quantitative estimate of drug-likeness (QED) is 0.550. The molecule has 0 spiro atoms. The summed E-state index contributed by atoms with van der Waals surface area (Å²) in [6.45, 7) is 6.73. The van der Waals surface area contributed by atoms with E-state index in [2.05, 4.69) is 5.10 Å². The maximum atomic E-state index is 12.9. The van der Waals surface area contributed by atoms with E-state index in [1.807, 2.05) is 20.8 Å². The zero-order valence-electron chi connectivity index (χ0n) is 16.0. The molecule has 27 heavy (non-hydrogen) atoms. The molecule has 0 aliphatic heterocycles. The first-order chi connectivity index (χ1) is 12.7. The molecular weight excluding hydrogens is 392 g/mol. The molecule has 152 valence electrons. The molecule has 0 aliphatic carbocycles. The Morgan fingerprint density at radius 1 is 1.15 bits per heavy atom. The summed E-state index contributed by atoms with van der Waals surface area (Å²) in [6.07, 6.45) is 3.79. The van der Waals surface area contributed by atoms with Crippen LogP contribution in [0.15, 0.2) is 15.8 Å². The van der Waals surface area contributed by atoms with Crippen molar-refractivity contribution >= 4 is 32.7 Å². The molecule has 2 aromatic rings. The van der Waals surface area contributed by atoms with Gasteiger partial charge in [-0.25, -0.2) is 13.2 Å². The number of rotatable bonds is 10. The fourth-order valence-electron chi connectivity index (χ4n) is 2.75. The van der Waals surface area contributed by atoms with Crippen molar-refractivity contribution in [2.24, 2.45) is 5.92 Å². The number of alkyl halides is 1. The summed E-state index contributed by atoms with van der Waals surface area (Å²) >= 11 is 5.59. The van der Waals surface area contributed by atoms with Gasteiger partial charge in [0.05, 0.1) is 17.5 Å². The second kappa shape index (κ2) is 9.05. The van der Waals surface area contributed by atoms with Gasteiger partial charge in [-0.1, -0.05) is 27.2 Å². The lowest BCUT2D eigenvalue weighted by atomic mass is 10.1. The number of halogens is 1. The van der Waals surface area contributed by atoms with Crippen LogP contribution in [0.4, 0.5) is 0 Å². The van der Waals surface area contributed by atoms with Gasteiger partial charge < -0.3 is 0 Å². The third-order valence-electron chi connectivity index (χ3n) is 4.36. The fraction of sp³-hybridized carbons (Fsp3) is 0.706. The molecule has 0 saturated carbocycles. The van der Waals surface area contributed by atoms with E-state index in [0.717, 1.165) is 21.5 Å². The summed E-state index contributed by atoms with van der Waals surface area (Å²) in [6, 6.07) is 0. The monoisotopic (exact) mass is 418 g/mol. The van der Waals surface area contributed by atoms with Gasteiger partial charge in [-0.2, -0.15) is 9.19 Å². The third-order valence-corrected chi connectivity index (χ3v) is 6.19. The lowest BCUT2D eigenvalue weighted by Gasteiger charge is -2.12. The maximum Gasteiger partial charge on any atom is 0.331 e. The minimum absolute atomic E-state index is 0.00362. The smallest absolute Gasteiger partial charge is 0.290 e. The molecular formula is C17H27ClN4O4S.